The van der Waals surface area contributed by atoms with Gasteiger partial charge in [0.1, 0.15) is 16.7 Å². The predicted octanol–water partition coefficient (Wildman–Crippen LogP) is 1.23. The fourth-order valence-electron chi connectivity index (χ4n) is 1.66. The summed E-state index contributed by atoms with van der Waals surface area (Å²) in [7, 11) is -3.33. The van der Waals surface area contributed by atoms with Crippen LogP contribution in [0.1, 0.15) is 16.3 Å². The van der Waals surface area contributed by atoms with E-state index in [2.05, 4.69) is 4.98 Å². The number of rotatable bonds is 3. The highest BCUT2D eigenvalue weighted by Gasteiger charge is 2.20. The van der Waals surface area contributed by atoms with Gasteiger partial charge in [0.25, 0.3) is 0 Å². The molecule has 0 radical (unpaired) electrons. The van der Waals surface area contributed by atoms with E-state index in [1.54, 1.807) is 6.07 Å². The Balaban J connectivity index is 2.78. The van der Waals surface area contributed by atoms with Gasteiger partial charge in [-0.15, -0.1) is 0 Å². The molecule has 0 bridgehead atoms. The topological polar surface area (TPSA) is 88.7 Å². The van der Waals surface area contributed by atoms with Crippen molar-refractivity contribution in [1.82, 2.24) is 9.38 Å². The molecule has 6 nitrogen and oxygen atoms in total. The highest BCUT2D eigenvalue weighted by Crippen LogP contribution is 2.20. The fourth-order valence-corrected chi connectivity index (χ4v) is 2.58. The van der Waals surface area contributed by atoms with Crippen molar-refractivity contribution < 1.29 is 18.3 Å². The number of fused-ring (bicyclic) bond motifs is 1. The van der Waals surface area contributed by atoms with E-state index in [0.717, 1.165) is 6.26 Å². The van der Waals surface area contributed by atoms with Crippen LogP contribution >= 0.6 is 11.6 Å². The first kappa shape index (κ1) is 12.8. The third-order valence-electron chi connectivity index (χ3n) is 2.28. The smallest absolute Gasteiger partial charge is 0.356 e. The molecule has 0 unspecified atom stereocenters. The van der Waals surface area contributed by atoms with Crippen molar-refractivity contribution in [3.8, 4) is 0 Å². The van der Waals surface area contributed by atoms with Crippen LogP contribution in [0.25, 0.3) is 5.52 Å². The minimum Gasteiger partial charge on any atom is -0.476 e. The number of imidazole rings is 1. The molecule has 2 rings (SSSR count). The van der Waals surface area contributed by atoms with Gasteiger partial charge in [-0.3, -0.25) is 4.40 Å². The van der Waals surface area contributed by atoms with Crippen molar-refractivity contribution in [1.29, 1.82) is 0 Å². The summed E-state index contributed by atoms with van der Waals surface area (Å²) in [6.45, 7) is 0. The minimum atomic E-state index is -3.33. The largest absolute Gasteiger partial charge is 0.476 e. The number of carboxylic acids is 1. The Hall–Kier alpha value is -1.60. The molecule has 96 valence electrons. The summed E-state index contributed by atoms with van der Waals surface area (Å²) in [5.41, 5.74) is 0.0600. The summed E-state index contributed by atoms with van der Waals surface area (Å²) in [5, 5.41) is 9.23. The first-order chi connectivity index (χ1) is 8.29. The molecule has 2 aromatic rings. The molecule has 1 N–H and O–H groups in total. The Morgan fingerprint density at radius 3 is 2.72 bits per heavy atom. The number of sulfone groups is 1. The summed E-state index contributed by atoms with van der Waals surface area (Å²) in [6, 6.07) is 4.64. The Labute approximate surface area is 108 Å². The number of hydrogen-bond donors (Lipinski definition) is 1. The lowest BCUT2D eigenvalue weighted by atomic mass is 10.3. The number of halogens is 1. The molecule has 8 heteroatoms. The number of aromatic carboxylic acids is 1. The van der Waals surface area contributed by atoms with Gasteiger partial charge in [-0.2, -0.15) is 0 Å². The molecule has 0 aliphatic heterocycles. The zero-order valence-corrected chi connectivity index (χ0v) is 10.9. The van der Waals surface area contributed by atoms with Gasteiger partial charge in [0.15, 0.2) is 15.5 Å². The van der Waals surface area contributed by atoms with E-state index in [-0.39, 0.29) is 27.9 Å². The van der Waals surface area contributed by atoms with Crippen LogP contribution in [0.3, 0.4) is 0 Å². The van der Waals surface area contributed by atoms with Crippen LogP contribution in [0.2, 0.25) is 5.15 Å². The number of aromatic nitrogens is 2. The monoisotopic (exact) mass is 288 g/mol. The van der Waals surface area contributed by atoms with Gasteiger partial charge in [-0.05, 0) is 12.1 Å². The first-order valence-electron chi connectivity index (χ1n) is 4.86. The molecular formula is C10H9ClN2O4S. The number of carbonyl (C=O) groups is 1. The second-order valence-electron chi connectivity index (χ2n) is 3.82. The lowest BCUT2D eigenvalue weighted by molar-refractivity contribution is 0.0693. The third-order valence-corrected chi connectivity index (χ3v) is 3.36. The molecule has 0 aliphatic rings. The lowest BCUT2D eigenvalue weighted by Gasteiger charge is -2.01. The van der Waals surface area contributed by atoms with Crippen LogP contribution in [-0.4, -0.2) is 35.1 Å². The van der Waals surface area contributed by atoms with Crippen LogP contribution in [-0.2, 0) is 15.6 Å². The van der Waals surface area contributed by atoms with Gasteiger partial charge in [0.05, 0.1) is 5.52 Å². The maximum atomic E-state index is 11.3. The zero-order chi connectivity index (χ0) is 13.5. The molecule has 0 atom stereocenters. The van der Waals surface area contributed by atoms with Crippen molar-refractivity contribution in [2.45, 2.75) is 5.75 Å². The Morgan fingerprint density at radius 2 is 2.17 bits per heavy atom. The first-order valence-corrected chi connectivity index (χ1v) is 7.30. The Morgan fingerprint density at radius 1 is 1.50 bits per heavy atom. The minimum absolute atomic E-state index is 0.0931. The van der Waals surface area contributed by atoms with Crippen LogP contribution in [0.5, 0.6) is 0 Å². The molecule has 0 amide bonds. The molecule has 0 spiro atoms. The van der Waals surface area contributed by atoms with Crippen LogP contribution in [0.4, 0.5) is 0 Å². The Bertz CT molecular complexity index is 736. The highest BCUT2D eigenvalue weighted by molar-refractivity contribution is 7.89. The van der Waals surface area contributed by atoms with E-state index >= 15 is 0 Å². The van der Waals surface area contributed by atoms with Crippen molar-refractivity contribution in [2.24, 2.45) is 0 Å². The van der Waals surface area contributed by atoms with Gasteiger partial charge < -0.3 is 5.11 Å². The summed E-state index contributed by atoms with van der Waals surface area (Å²) in [4.78, 5) is 14.9. The SMILES string of the molecule is CS(=O)(=O)Cc1nc(C(=O)O)c2cccc(Cl)n12. The Kier molecular flexibility index (Phi) is 3.04. The van der Waals surface area contributed by atoms with Gasteiger partial charge in [-0.1, -0.05) is 17.7 Å². The maximum absolute atomic E-state index is 11.3. The quantitative estimate of drug-likeness (QED) is 0.858. The standard InChI is InChI=1S/C10H9ClN2O4S/c1-18(16,17)5-8-12-9(10(14)15)6-3-2-4-7(11)13(6)8/h2-4H,5H2,1H3,(H,14,15). The summed E-state index contributed by atoms with van der Waals surface area (Å²) < 4.78 is 23.9. The third kappa shape index (κ3) is 2.32. The molecule has 0 aliphatic carbocycles. The number of pyridine rings is 1. The molecule has 0 saturated heterocycles. The molecule has 0 aromatic carbocycles. The van der Waals surface area contributed by atoms with Gasteiger partial charge >= 0.3 is 5.97 Å². The van der Waals surface area contributed by atoms with Gasteiger partial charge in [-0.25, -0.2) is 18.2 Å². The average molecular weight is 289 g/mol. The van der Waals surface area contributed by atoms with Crippen LogP contribution in [0.15, 0.2) is 18.2 Å². The van der Waals surface area contributed by atoms with Gasteiger partial charge in [0.2, 0.25) is 0 Å². The van der Waals surface area contributed by atoms with Crippen molar-refractivity contribution in [2.75, 3.05) is 6.26 Å². The molecule has 18 heavy (non-hydrogen) atoms. The number of hydrogen-bond acceptors (Lipinski definition) is 4. The average Bonchev–Trinajstić information content (AvgIpc) is 2.56. The van der Waals surface area contributed by atoms with E-state index in [9.17, 15) is 13.2 Å². The van der Waals surface area contributed by atoms with E-state index in [1.807, 2.05) is 0 Å². The molecule has 0 saturated carbocycles. The zero-order valence-electron chi connectivity index (χ0n) is 9.29. The highest BCUT2D eigenvalue weighted by atomic mass is 35.5. The normalized spacial score (nSPS) is 11.9. The van der Waals surface area contributed by atoms with Crippen LogP contribution in [0, 0.1) is 0 Å². The lowest BCUT2D eigenvalue weighted by Crippen LogP contribution is -2.05. The summed E-state index contributed by atoms with van der Waals surface area (Å²) >= 11 is 5.94. The van der Waals surface area contributed by atoms with Crippen molar-refractivity contribution in [3.05, 3.63) is 34.9 Å². The molecular weight excluding hydrogens is 280 g/mol. The maximum Gasteiger partial charge on any atom is 0.356 e. The second kappa shape index (κ2) is 4.25. The second-order valence-corrected chi connectivity index (χ2v) is 6.35. The van der Waals surface area contributed by atoms with E-state index < -0.39 is 15.8 Å². The molecule has 2 heterocycles. The van der Waals surface area contributed by atoms with E-state index in [0.29, 0.717) is 0 Å². The summed E-state index contributed by atoms with van der Waals surface area (Å²) in [5.74, 6) is -1.50. The number of carboxylic acid groups (broad SMARTS) is 1. The predicted molar refractivity (Wildman–Crippen MR) is 65.7 cm³/mol. The number of nitrogens with zero attached hydrogens (tertiary/aromatic N) is 2. The van der Waals surface area contributed by atoms with Crippen molar-refractivity contribution >= 4 is 32.9 Å². The van der Waals surface area contributed by atoms with Crippen molar-refractivity contribution in [3.63, 3.8) is 0 Å². The molecule has 2 aromatic heterocycles. The summed E-state index contributed by atoms with van der Waals surface area (Å²) in [6.07, 6.45) is 1.05. The van der Waals surface area contributed by atoms with E-state index in [1.165, 1.54) is 16.5 Å². The molecule has 0 fully saturated rings. The van der Waals surface area contributed by atoms with E-state index in [4.69, 9.17) is 16.7 Å². The van der Waals surface area contributed by atoms with Crippen LogP contribution < -0.4 is 0 Å². The fraction of sp³-hybridized carbons (Fsp3) is 0.200. The van der Waals surface area contributed by atoms with Gasteiger partial charge in [0, 0.05) is 6.26 Å².